The van der Waals surface area contributed by atoms with Crippen LogP contribution in [-0.4, -0.2) is 7.11 Å². The van der Waals surface area contributed by atoms with Gasteiger partial charge in [-0.1, -0.05) is 6.07 Å². The predicted octanol–water partition coefficient (Wildman–Crippen LogP) is 1.92. The van der Waals surface area contributed by atoms with Crippen LogP contribution >= 0.6 is 0 Å². The minimum Gasteiger partial charge on any atom is -0.497 e. The van der Waals surface area contributed by atoms with E-state index < -0.39 is 0 Å². The van der Waals surface area contributed by atoms with E-state index in [1.165, 1.54) is 24.0 Å². The van der Waals surface area contributed by atoms with E-state index in [0.717, 1.165) is 5.75 Å². The number of aryl methyl sites for hydroxylation is 1. The minimum atomic E-state index is 0.302. The van der Waals surface area contributed by atoms with Gasteiger partial charge in [0.05, 0.1) is 7.11 Å². The average molecular weight is 206 g/mol. The van der Waals surface area contributed by atoms with Crippen molar-refractivity contribution in [3.8, 4) is 5.75 Å². The number of methoxy groups -OCH3 is 1. The van der Waals surface area contributed by atoms with Gasteiger partial charge in [0.15, 0.2) is 0 Å². The molecule has 15 heavy (non-hydrogen) atoms. The molecule has 2 rings (SSSR count). The Morgan fingerprint density at radius 2 is 2.20 bits per heavy atom. The summed E-state index contributed by atoms with van der Waals surface area (Å²) >= 11 is 0. The van der Waals surface area contributed by atoms with Crippen molar-refractivity contribution < 1.29 is 4.74 Å². The maximum Gasteiger partial charge on any atom is 0.119 e. The lowest BCUT2D eigenvalue weighted by Gasteiger charge is -2.18. The Morgan fingerprint density at radius 1 is 1.47 bits per heavy atom. The summed E-state index contributed by atoms with van der Waals surface area (Å²) in [7, 11) is 1.69. The number of benzene rings is 1. The molecule has 1 aliphatic rings. The third-order valence-electron chi connectivity index (χ3n) is 3.08. The molecule has 1 atom stereocenters. The third kappa shape index (κ3) is 2.13. The zero-order valence-corrected chi connectivity index (χ0v) is 9.29. The Labute approximate surface area is 90.6 Å². The molecule has 0 aromatic heterocycles. The number of nitrogens with two attached hydrogens (primary N) is 1. The van der Waals surface area contributed by atoms with Gasteiger partial charge in [0.1, 0.15) is 5.75 Å². The lowest BCUT2D eigenvalue weighted by molar-refractivity contribution is 0.413. The van der Waals surface area contributed by atoms with Gasteiger partial charge in [0, 0.05) is 6.04 Å². The maximum absolute atomic E-state index is 5.60. The Balaban J connectivity index is 2.26. The van der Waals surface area contributed by atoms with Crippen LogP contribution in [0.1, 0.15) is 30.0 Å². The van der Waals surface area contributed by atoms with Crippen molar-refractivity contribution in [2.75, 3.05) is 7.11 Å². The van der Waals surface area contributed by atoms with Gasteiger partial charge < -0.3 is 4.74 Å². The largest absolute Gasteiger partial charge is 0.497 e. The second kappa shape index (κ2) is 4.21. The quantitative estimate of drug-likeness (QED) is 0.584. The molecule has 0 radical (unpaired) electrons. The van der Waals surface area contributed by atoms with Crippen molar-refractivity contribution in [2.24, 2.45) is 11.8 Å². The van der Waals surface area contributed by atoms with Gasteiger partial charge >= 0.3 is 0 Å². The first-order valence-electron chi connectivity index (χ1n) is 5.37. The molecule has 1 saturated carbocycles. The van der Waals surface area contributed by atoms with Gasteiger partial charge in [-0.3, -0.25) is 11.3 Å². The predicted molar refractivity (Wildman–Crippen MR) is 60.5 cm³/mol. The first-order chi connectivity index (χ1) is 7.26. The fraction of sp³-hybridized carbons (Fsp3) is 0.500. The summed E-state index contributed by atoms with van der Waals surface area (Å²) in [5, 5.41) is 0. The van der Waals surface area contributed by atoms with Crippen molar-refractivity contribution >= 4 is 0 Å². The van der Waals surface area contributed by atoms with Gasteiger partial charge in [-0.05, 0) is 48.9 Å². The molecule has 3 N–H and O–H groups in total. The molecule has 1 unspecified atom stereocenters. The molecule has 3 heteroatoms. The summed E-state index contributed by atoms with van der Waals surface area (Å²) < 4.78 is 5.19. The van der Waals surface area contributed by atoms with Gasteiger partial charge in [-0.15, -0.1) is 0 Å². The molecule has 0 aliphatic heterocycles. The molecule has 82 valence electrons. The molecule has 1 fully saturated rings. The standard InChI is InChI=1S/C12H18N2O/c1-8-7-10(15-2)5-6-11(8)12(14-13)9-3-4-9/h5-7,9,12,14H,3-4,13H2,1-2H3. The normalized spacial score (nSPS) is 17.5. The molecule has 1 aromatic rings. The highest BCUT2D eigenvalue weighted by molar-refractivity contribution is 5.37. The summed E-state index contributed by atoms with van der Waals surface area (Å²) in [5.41, 5.74) is 5.45. The van der Waals surface area contributed by atoms with E-state index in [1.54, 1.807) is 7.11 Å². The average Bonchev–Trinajstić information content (AvgIpc) is 3.05. The first kappa shape index (κ1) is 10.5. The molecule has 1 aliphatic carbocycles. The van der Waals surface area contributed by atoms with Gasteiger partial charge in [0.25, 0.3) is 0 Å². The van der Waals surface area contributed by atoms with E-state index in [2.05, 4.69) is 24.5 Å². The highest BCUT2D eigenvalue weighted by Crippen LogP contribution is 2.41. The van der Waals surface area contributed by atoms with E-state index in [9.17, 15) is 0 Å². The van der Waals surface area contributed by atoms with Crippen LogP contribution in [0.5, 0.6) is 5.75 Å². The lowest BCUT2D eigenvalue weighted by Crippen LogP contribution is -2.29. The van der Waals surface area contributed by atoms with E-state index in [0.29, 0.717) is 12.0 Å². The van der Waals surface area contributed by atoms with E-state index >= 15 is 0 Å². The Morgan fingerprint density at radius 3 is 2.67 bits per heavy atom. The Hall–Kier alpha value is -1.06. The number of hydrazine groups is 1. The second-order valence-corrected chi connectivity index (χ2v) is 4.20. The second-order valence-electron chi connectivity index (χ2n) is 4.20. The molecule has 0 saturated heterocycles. The molecular formula is C12H18N2O. The molecule has 3 nitrogen and oxygen atoms in total. The number of rotatable bonds is 4. The third-order valence-corrected chi connectivity index (χ3v) is 3.08. The SMILES string of the molecule is COc1ccc(C(NN)C2CC2)c(C)c1. The summed E-state index contributed by atoms with van der Waals surface area (Å²) in [5.74, 6) is 7.22. The number of ether oxygens (including phenoxy) is 1. The Bertz CT molecular complexity index is 347. The highest BCUT2D eigenvalue weighted by atomic mass is 16.5. The molecular weight excluding hydrogens is 188 g/mol. The van der Waals surface area contributed by atoms with Crippen molar-refractivity contribution in [3.05, 3.63) is 29.3 Å². The van der Waals surface area contributed by atoms with E-state index in [1.807, 2.05) is 6.07 Å². The van der Waals surface area contributed by atoms with Crippen molar-refractivity contribution in [1.82, 2.24) is 5.43 Å². The molecule has 0 bridgehead atoms. The zero-order valence-electron chi connectivity index (χ0n) is 9.29. The van der Waals surface area contributed by atoms with Crippen molar-refractivity contribution in [2.45, 2.75) is 25.8 Å². The monoisotopic (exact) mass is 206 g/mol. The maximum atomic E-state index is 5.60. The van der Waals surface area contributed by atoms with Crippen LogP contribution in [0, 0.1) is 12.8 Å². The van der Waals surface area contributed by atoms with Gasteiger partial charge in [0.2, 0.25) is 0 Å². The first-order valence-corrected chi connectivity index (χ1v) is 5.37. The fourth-order valence-corrected chi connectivity index (χ4v) is 2.03. The van der Waals surface area contributed by atoms with E-state index in [4.69, 9.17) is 10.6 Å². The minimum absolute atomic E-state index is 0.302. The Kier molecular flexibility index (Phi) is 2.93. The number of nitrogens with one attached hydrogen (secondary N) is 1. The van der Waals surface area contributed by atoms with Gasteiger partial charge in [-0.25, -0.2) is 0 Å². The van der Waals surface area contributed by atoms with Crippen LogP contribution in [0.4, 0.5) is 0 Å². The highest BCUT2D eigenvalue weighted by Gasteiger charge is 2.32. The summed E-state index contributed by atoms with van der Waals surface area (Å²) in [6, 6.07) is 6.46. The van der Waals surface area contributed by atoms with Crippen molar-refractivity contribution in [3.63, 3.8) is 0 Å². The van der Waals surface area contributed by atoms with Crippen LogP contribution in [0.25, 0.3) is 0 Å². The molecule has 1 aromatic carbocycles. The number of hydrogen-bond acceptors (Lipinski definition) is 3. The van der Waals surface area contributed by atoms with Crippen LogP contribution in [-0.2, 0) is 0 Å². The molecule has 0 spiro atoms. The van der Waals surface area contributed by atoms with Crippen LogP contribution in [0.15, 0.2) is 18.2 Å². The zero-order chi connectivity index (χ0) is 10.8. The van der Waals surface area contributed by atoms with E-state index in [-0.39, 0.29) is 0 Å². The van der Waals surface area contributed by atoms with Crippen molar-refractivity contribution in [1.29, 1.82) is 0 Å². The fourth-order valence-electron chi connectivity index (χ4n) is 2.03. The van der Waals surface area contributed by atoms with Crippen LogP contribution < -0.4 is 16.0 Å². The molecule has 0 heterocycles. The summed E-state index contributed by atoms with van der Waals surface area (Å²) in [6.45, 7) is 2.10. The van der Waals surface area contributed by atoms with Crippen LogP contribution in [0.3, 0.4) is 0 Å². The van der Waals surface area contributed by atoms with Crippen LogP contribution in [0.2, 0.25) is 0 Å². The summed E-state index contributed by atoms with van der Waals surface area (Å²) in [4.78, 5) is 0. The molecule has 0 amide bonds. The lowest BCUT2D eigenvalue weighted by atomic mass is 9.98. The van der Waals surface area contributed by atoms with Gasteiger partial charge in [-0.2, -0.15) is 0 Å². The smallest absolute Gasteiger partial charge is 0.119 e. The number of hydrogen-bond donors (Lipinski definition) is 2. The summed E-state index contributed by atoms with van der Waals surface area (Å²) in [6.07, 6.45) is 2.56. The topological polar surface area (TPSA) is 47.3 Å².